The summed E-state index contributed by atoms with van der Waals surface area (Å²) in [5, 5.41) is 2.68. The third-order valence-corrected chi connectivity index (χ3v) is 5.86. The van der Waals surface area contributed by atoms with E-state index >= 15 is 0 Å². The van der Waals surface area contributed by atoms with Gasteiger partial charge in [-0.05, 0) is 29.7 Å². The molecule has 0 radical (unpaired) electrons. The first-order valence-electron chi connectivity index (χ1n) is 10.4. The van der Waals surface area contributed by atoms with Gasteiger partial charge in [-0.2, -0.15) is 0 Å². The van der Waals surface area contributed by atoms with Gasteiger partial charge >= 0.3 is 0 Å². The first-order valence-corrected chi connectivity index (χ1v) is 10.4. The van der Waals surface area contributed by atoms with Crippen molar-refractivity contribution in [1.29, 1.82) is 0 Å². The maximum Gasteiger partial charge on any atom is 0.272 e. The molecule has 2 atom stereocenters. The van der Waals surface area contributed by atoms with E-state index in [0.29, 0.717) is 29.8 Å². The minimum absolute atomic E-state index is 0.272. The zero-order valence-corrected chi connectivity index (χ0v) is 17.2. The number of nitrogens with zero attached hydrogens (tertiary/aromatic N) is 2. The Hall–Kier alpha value is -3.84. The molecule has 2 amide bonds. The van der Waals surface area contributed by atoms with E-state index in [2.05, 4.69) is 10.3 Å². The Bertz CT molecular complexity index is 1240. The van der Waals surface area contributed by atoms with E-state index in [-0.39, 0.29) is 11.5 Å². The lowest BCUT2D eigenvalue weighted by atomic mass is 9.98. The fourth-order valence-electron chi connectivity index (χ4n) is 4.27. The Kier molecular flexibility index (Phi) is 5.03. The van der Waals surface area contributed by atoms with Crippen LogP contribution in [0.15, 0.2) is 77.8 Å². The molecule has 5 rings (SSSR count). The average molecular weight is 428 g/mol. The molecule has 0 saturated heterocycles. The van der Waals surface area contributed by atoms with Gasteiger partial charge in [0.05, 0.1) is 11.4 Å². The fraction of sp³-hybridized carbons (Fsp3) is 0.160. The molecule has 0 spiro atoms. The van der Waals surface area contributed by atoms with E-state index in [1.807, 2.05) is 24.3 Å². The lowest BCUT2D eigenvalue weighted by Gasteiger charge is -2.22. The molecule has 3 aromatic carbocycles. The number of hydrogen-bond donors (Lipinski definition) is 2. The number of amides is 2. The van der Waals surface area contributed by atoms with Crippen molar-refractivity contribution in [3.8, 4) is 0 Å². The van der Waals surface area contributed by atoms with Crippen molar-refractivity contribution in [2.45, 2.75) is 18.6 Å². The van der Waals surface area contributed by atoms with Crippen LogP contribution in [-0.2, 0) is 16.0 Å². The van der Waals surface area contributed by atoms with E-state index in [0.717, 1.165) is 11.3 Å². The van der Waals surface area contributed by atoms with Crippen LogP contribution < -0.4 is 16.0 Å². The maximum absolute atomic E-state index is 14.8. The molecular weight excluding hydrogens is 407 g/mol. The number of carbonyl (C=O) groups is 2. The van der Waals surface area contributed by atoms with Gasteiger partial charge in [-0.3, -0.25) is 9.59 Å². The lowest BCUT2D eigenvalue weighted by Crippen LogP contribution is -2.49. The van der Waals surface area contributed by atoms with Gasteiger partial charge in [0.1, 0.15) is 11.9 Å². The number of anilines is 1. The summed E-state index contributed by atoms with van der Waals surface area (Å²) < 4.78 is 14.8. The number of hydrogen-bond acceptors (Lipinski definition) is 4. The molecule has 7 heteroatoms. The third-order valence-electron chi connectivity index (χ3n) is 5.86. The normalized spacial score (nSPS) is 17.9. The molecule has 2 heterocycles. The van der Waals surface area contributed by atoms with Crippen molar-refractivity contribution in [3.63, 3.8) is 0 Å². The molecule has 0 aliphatic carbocycles. The Morgan fingerprint density at radius 3 is 2.53 bits per heavy atom. The van der Waals surface area contributed by atoms with Gasteiger partial charge in [0.25, 0.3) is 5.91 Å². The summed E-state index contributed by atoms with van der Waals surface area (Å²) in [5.41, 5.74) is 9.74. The summed E-state index contributed by atoms with van der Waals surface area (Å²) in [6.45, 7) is 0.475. The van der Waals surface area contributed by atoms with E-state index in [4.69, 9.17) is 5.73 Å². The molecule has 3 N–H and O–H groups in total. The van der Waals surface area contributed by atoms with Gasteiger partial charge in [-0.1, -0.05) is 60.7 Å². The van der Waals surface area contributed by atoms with Crippen molar-refractivity contribution < 1.29 is 14.0 Å². The molecule has 0 saturated carbocycles. The van der Waals surface area contributed by atoms with Crippen LogP contribution in [0.3, 0.4) is 0 Å². The van der Waals surface area contributed by atoms with Crippen molar-refractivity contribution in [1.82, 2.24) is 5.32 Å². The summed E-state index contributed by atoms with van der Waals surface area (Å²) in [4.78, 5) is 32.5. The Morgan fingerprint density at radius 1 is 1.03 bits per heavy atom. The predicted octanol–water partition coefficient (Wildman–Crippen LogP) is 2.71. The van der Waals surface area contributed by atoms with E-state index < -0.39 is 23.9 Å². The van der Waals surface area contributed by atoms with Crippen LogP contribution in [0.25, 0.3) is 0 Å². The molecule has 6 nitrogen and oxygen atoms in total. The van der Waals surface area contributed by atoms with Crippen LogP contribution in [0, 0.1) is 5.82 Å². The van der Waals surface area contributed by atoms with E-state index in [1.165, 1.54) is 6.07 Å². The van der Waals surface area contributed by atoms with Gasteiger partial charge in [-0.15, -0.1) is 0 Å². The topological polar surface area (TPSA) is 87.8 Å². The van der Waals surface area contributed by atoms with Gasteiger partial charge in [0.15, 0.2) is 0 Å². The summed E-state index contributed by atoms with van der Waals surface area (Å²) in [5.74, 6) is -1.35. The zero-order chi connectivity index (χ0) is 22.2. The highest BCUT2D eigenvalue weighted by atomic mass is 19.1. The standard InChI is InChI=1S/C25H21FN4O2/c26-19-12-5-4-10-17(19)21-18-11-6-9-16-13-14-30(22(16)18)25(32)23(28-21)29-24(31)20(27)15-7-2-1-3-8-15/h1-12,20,23H,13-14,27H2,(H,29,31). The van der Waals surface area contributed by atoms with Gasteiger partial charge in [0.2, 0.25) is 12.1 Å². The second kappa shape index (κ2) is 8.01. The van der Waals surface area contributed by atoms with Gasteiger partial charge in [-0.25, -0.2) is 9.38 Å². The van der Waals surface area contributed by atoms with Crippen molar-refractivity contribution in [3.05, 3.63) is 101 Å². The number of para-hydroxylation sites is 1. The highest BCUT2D eigenvalue weighted by Crippen LogP contribution is 2.36. The highest BCUT2D eigenvalue weighted by Gasteiger charge is 2.38. The molecule has 2 unspecified atom stereocenters. The summed E-state index contributed by atoms with van der Waals surface area (Å²) >= 11 is 0. The molecule has 160 valence electrons. The van der Waals surface area contributed by atoms with Crippen molar-refractivity contribution in [2.24, 2.45) is 10.7 Å². The Labute approximate surface area is 184 Å². The van der Waals surface area contributed by atoms with Crippen LogP contribution >= 0.6 is 0 Å². The molecule has 0 aromatic heterocycles. The Morgan fingerprint density at radius 2 is 1.75 bits per heavy atom. The predicted molar refractivity (Wildman–Crippen MR) is 120 cm³/mol. The number of halogens is 1. The fourth-order valence-corrected chi connectivity index (χ4v) is 4.27. The highest BCUT2D eigenvalue weighted by molar-refractivity contribution is 6.21. The number of nitrogens with two attached hydrogens (primary N) is 1. The third kappa shape index (κ3) is 3.36. The molecular formula is C25H21FN4O2. The lowest BCUT2D eigenvalue weighted by molar-refractivity contribution is -0.128. The maximum atomic E-state index is 14.8. The van der Waals surface area contributed by atoms with Crippen LogP contribution in [-0.4, -0.2) is 30.2 Å². The second-order valence-corrected chi connectivity index (χ2v) is 7.81. The largest absolute Gasteiger partial charge is 0.325 e. The number of rotatable bonds is 4. The van der Waals surface area contributed by atoms with Crippen LogP contribution in [0.2, 0.25) is 0 Å². The number of carbonyl (C=O) groups excluding carboxylic acids is 2. The minimum atomic E-state index is -1.22. The molecule has 32 heavy (non-hydrogen) atoms. The number of benzene rings is 3. The van der Waals surface area contributed by atoms with Crippen LogP contribution in [0.1, 0.15) is 28.3 Å². The van der Waals surface area contributed by atoms with E-state index in [9.17, 15) is 14.0 Å². The summed E-state index contributed by atoms with van der Waals surface area (Å²) in [6, 6.07) is 19.9. The van der Waals surface area contributed by atoms with Crippen molar-refractivity contribution in [2.75, 3.05) is 11.4 Å². The molecule has 3 aromatic rings. The summed E-state index contributed by atoms with van der Waals surface area (Å²) in [7, 11) is 0. The number of aliphatic imine (C=N–C) groups is 1. The monoisotopic (exact) mass is 428 g/mol. The van der Waals surface area contributed by atoms with Gasteiger partial charge in [0, 0.05) is 17.7 Å². The Balaban J connectivity index is 1.58. The minimum Gasteiger partial charge on any atom is -0.325 e. The van der Waals surface area contributed by atoms with E-state index in [1.54, 1.807) is 47.4 Å². The molecule has 2 aliphatic heterocycles. The SMILES string of the molecule is NC(C(=O)NC1N=C(c2ccccc2F)c2cccc3c2N(CC3)C1=O)c1ccccc1. The first kappa shape index (κ1) is 20.1. The summed E-state index contributed by atoms with van der Waals surface area (Å²) in [6.07, 6.45) is -0.533. The smallest absolute Gasteiger partial charge is 0.272 e. The zero-order valence-electron chi connectivity index (χ0n) is 17.2. The second-order valence-electron chi connectivity index (χ2n) is 7.81. The quantitative estimate of drug-likeness (QED) is 0.670. The van der Waals surface area contributed by atoms with Gasteiger partial charge < -0.3 is 16.0 Å². The molecule has 0 bridgehead atoms. The molecule has 2 aliphatic rings. The van der Waals surface area contributed by atoms with Crippen LogP contribution in [0.4, 0.5) is 10.1 Å². The first-order chi connectivity index (χ1) is 15.5. The molecule has 0 fully saturated rings. The average Bonchev–Trinajstić information content (AvgIpc) is 3.22. The number of nitrogens with one attached hydrogen (secondary N) is 1. The van der Waals surface area contributed by atoms with Crippen molar-refractivity contribution >= 4 is 23.2 Å². The van der Waals surface area contributed by atoms with Crippen LogP contribution in [0.5, 0.6) is 0 Å².